The van der Waals surface area contributed by atoms with Crippen LogP contribution < -0.4 is 0 Å². The number of hydrogen-bond donors (Lipinski definition) is 0. The first-order valence-corrected chi connectivity index (χ1v) is 4.62. The fourth-order valence-electron chi connectivity index (χ4n) is 1.21. The lowest BCUT2D eigenvalue weighted by molar-refractivity contribution is -0.324. The fourth-order valence-corrected chi connectivity index (χ4v) is 1.21. The van der Waals surface area contributed by atoms with Crippen molar-refractivity contribution >= 4 is 0 Å². The van der Waals surface area contributed by atoms with Crippen LogP contribution in [0.3, 0.4) is 0 Å². The Morgan fingerprint density at radius 3 is 2.46 bits per heavy atom. The van der Waals surface area contributed by atoms with E-state index in [1.807, 2.05) is 0 Å². The Morgan fingerprint density at radius 2 is 1.92 bits per heavy atom. The molecule has 0 aliphatic heterocycles. The van der Waals surface area contributed by atoms with Gasteiger partial charge >= 0.3 is 6.36 Å². The van der Waals surface area contributed by atoms with Crippen molar-refractivity contribution in [2.24, 2.45) is 5.92 Å². The standard InChI is InChI=1S/C9H14F3O/c10-9(11,12)13-7-3-1-2-4-8-5-6-8/h5,8H,1-4,6-7H2. The zero-order valence-corrected chi connectivity index (χ0v) is 7.44. The Bertz CT molecular complexity index is 140. The Kier molecular flexibility index (Phi) is 4.03. The quantitative estimate of drug-likeness (QED) is 0.591. The molecule has 1 saturated carbocycles. The zero-order chi connectivity index (χ0) is 9.73. The smallest absolute Gasteiger partial charge is 0.292 e. The summed E-state index contributed by atoms with van der Waals surface area (Å²) in [6.07, 6.45) is 2.45. The van der Waals surface area contributed by atoms with Crippen LogP contribution in [-0.2, 0) is 4.74 Å². The summed E-state index contributed by atoms with van der Waals surface area (Å²) in [5.74, 6) is 0.753. The van der Waals surface area contributed by atoms with Crippen molar-refractivity contribution in [2.45, 2.75) is 38.5 Å². The third kappa shape index (κ3) is 6.87. The summed E-state index contributed by atoms with van der Waals surface area (Å²) in [7, 11) is 0. The van der Waals surface area contributed by atoms with Crippen molar-refractivity contribution < 1.29 is 17.9 Å². The minimum atomic E-state index is -4.45. The van der Waals surface area contributed by atoms with E-state index in [2.05, 4.69) is 11.2 Å². The molecule has 0 aromatic rings. The molecule has 1 rings (SSSR count). The van der Waals surface area contributed by atoms with Crippen molar-refractivity contribution in [3.05, 3.63) is 6.42 Å². The third-order valence-electron chi connectivity index (χ3n) is 2.05. The van der Waals surface area contributed by atoms with Gasteiger partial charge < -0.3 is 0 Å². The second-order valence-corrected chi connectivity index (χ2v) is 3.38. The Balaban J connectivity index is 1.78. The Labute approximate surface area is 76.3 Å². The molecular weight excluding hydrogens is 181 g/mol. The van der Waals surface area contributed by atoms with Gasteiger partial charge in [0.25, 0.3) is 0 Å². The second kappa shape index (κ2) is 4.84. The Morgan fingerprint density at radius 1 is 1.23 bits per heavy atom. The maximum atomic E-state index is 11.5. The molecular formula is C9H14F3O. The first kappa shape index (κ1) is 10.8. The highest BCUT2D eigenvalue weighted by Crippen LogP contribution is 2.32. The van der Waals surface area contributed by atoms with Gasteiger partial charge in [0.2, 0.25) is 0 Å². The maximum absolute atomic E-state index is 11.5. The van der Waals surface area contributed by atoms with Gasteiger partial charge in [-0.25, -0.2) is 0 Å². The molecule has 0 bridgehead atoms. The predicted octanol–water partition coefficient (Wildman–Crippen LogP) is 3.31. The van der Waals surface area contributed by atoms with Gasteiger partial charge in [-0.15, -0.1) is 13.2 Å². The topological polar surface area (TPSA) is 9.23 Å². The molecule has 1 unspecified atom stereocenters. The summed E-state index contributed by atoms with van der Waals surface area (Å²) < 4.78 is 38.1. The molecule has 4 heteroatoms. The highest BCUT2D eigenvalue weighted by Gasteiger charge is 2.28. The molecule has 0 amide bonds. The normalized spacial score (nSPS) is 17.8. The van der Waals surface area contributed by atoms with Crippen LogP contribution in [0.2, 0.25) is 0 Å². The van der Waals surface area contributed by atoms with E-state index in [4.69, 9.17) is 0 Å². The molecule has 0 N–H and O–H groups in total. The van der Waals surface area contributed by atoms with E-state index in [0.29, 0.717) is 6.42 Å². The number of alkyl halides is 3. The van der Waals surface area contributed by atoms with Crippen LogP contribution in [0, 0.1) is 12.3 Å². The van der Waals surface area contributed by atoms with Gasteiger partial charge in [-0.1, -0.05) is 19.3 Å². The molecule has 13 heavy (non-hydrogen) atoms. The van der Waals surface area contributed by atoms with E-state index in [-0.39, 0.29) is 6.61 Å². The summed E-state index contributed by atoms with van der Waals surface area (Å²) in [6.45, 7) is -0.197. The van der Waals surface area contributed by atoms with Crippen LogP contribution in [0.4, 0.5) is 13.2 Å². The fraction of sp³-hybridized carbons (Fsp3) is 0.889. The summed E-state index contributed by atoms with van der Waals surface area (Å²) in [6, 6.07) is 0. The maximum Gasteiger partial charge on any atom is 0.522 e. The van der Waals surface area contributed by atoms with Gasteiger partial charge in [-0.2, -0.15) is 0 Å². The lowest BCUT2D eigenvalue weighted by Crippen LogP contribution is -2.13. The summed E-state index contributed by atoms with van der Waals surface area (Å²) in [5.41, 5.74) is 0. The molecule has 0 heterocycles. The molecule has 0 aromatic carbocycles. The average molecular weight is 195 g/mol. The van der Waals surface area contributed by atoms with E-state index in [1.54, 1.807) is 0 Å². The lowest BCUT2D eigenvalue weighted by atomic mass is 10.1. The number of ether oxygens (including phenoxy) is 1. The summed E-state index contributed by atoms with van der Waals surface area (Å²) >= 11 is 0. The molecule has 0 saturated heterocycles. The molecule has 1 aliphatic carbocycles. The van der Waals surface area contributed by atoms with E-state index in [9.17, 15) is 13.2 Å². The Hall–Kier alpha value is -0.250. The minimum absolute atomic E-state index is 0.197. The van der Waals surface area contributed by atoms with Crippen LogP contribution in [-0.4, -0.2) is 13.0 Å². The number of unbranched alkanes of at least 4 members (excludes halogenated alkanes) is 2. The number of hydrogen-bond acceptors (Lipinski definition) is 1. The molecule has 0 aromatic heterocycles. The highest BCUT2D eigenvalue weighted by molar-refractivity contribution is 4.93. The van der Waals surface area contributed by atoms with E-state index >= 15 is 0 Å². The first-order chi connectivity index (χ1) is 6.08. The predicted molar refractivity (Wildman–Crippen MR) is 42.9 cm³/mol. The van der Waals surface area contributed by atoms with E-state index in [1.165, 1.54) is 6.42 Å². The zero-order valence-electron chi connectivity index (χ0n) is 7.44. The van der Waals surface area contributed by atoms with Crippen LogP contribution in [0.15, 0.2) is 0 Å². The summed E-state index contributed by atoms with van der Waals surface area (Å²) in [4.78, 5) is 0. The van der Waals surface area contributed by atoms with Crippen molar-refractivity contribution in [3.8, 4) is 0 Å². The van der Waals surface area contributed by atoms with E-state index in [0.717, 1.165) is 25.2 Å². The third-order valence-corrected chi connectivity index (χ3v) is 2.05. The molecule has 1 fully saturated rings. The summed E-state index contributed by atoms with van der Waals surface area (Å²) in [5, 5.41) is 0. The van der Waals surface area contributed by atoms with Gasteiger partial charge in [0.1, 0.15) is 0 Å². The van der Waals surface area contributed by atoms with Crippen LogP contribution >= 0.6 is 0 Å². The van der Waals surface area contributed by atoms with Gasteiger partial charge in [-0.3, -0.25) is 4.74 Å². The van der Waals surface area contributed by atoms with Crippen molar-refractivity contribution in [1.29, 1.82) is 0 Å². The average Bonchev–Trinajstić information content (AvgIpc) is 2.77. The van der Waals surface area contributed by atoms with Crippen LogP contribution in [0.1, 0.15) is 32.1 Å². The van der Waals surface area contributed by atoms with Gasteiger partial charge in [0.15, 0.2) is 0 Å². The molecule has 1 nitrogen and oxygen atoms in total. The first-order valence-electron chi connectivity index (χ1n) is 4.62. The molecule has 1 aliphatic rings. The number of halogens is 3. The van der Waals surface area contributed by atoms with Crippen LogP contribution in [0.5, 0.6) is 0 Å². The van der Waals surface area contributed by atoms with Crippen molar-refractivity contribution in [1.82, 2.24) is 0 Å². The van der Waals surface area contributed by atoms with Gasteiger partial charge in [-0.05, 0) is 25.2 Å². The van der Waals surface area contributed by atoms with Crippen LogP contribution in [0.25, 0.3) is 0 Å². The van der Waals surface area contributed by atoms with E-state index < -0.39 is 6.36 Å². The SMILES string of the molecule is FC(F)(F)OCCCCCC1[CH]C1. The second-order valence-electron chi connectivity index (χ2n) is 3.38. The lowest BCUT2D eigenvalue weighted by Gasteiger charge is -2.06. The largest absolute Gasteiger partial charge is 0.522 e. The monoisotopic (exact) mass is 195 g/mol. The van der Waals surface area contributed by atoms with Crippen molar-refractivity contribution in [3.63, 3.8) is 0 Å². The van der Waals surface area contributed by atoms with Crippen molar-refractivity contribution in [2.75, 3.05) is 6.61 Å². The molecule has 1 radical (unpaired) electrons. The molecule has 0 spiro atoms. The number of rotatable bonds is 6. The highest BCUT2D eigenvalue weighted by atomic mass is 19.4. The minimum Gasteiger partial charge on any atom is -0.292 e. The van der Waals surface area contributed by atoms with Gasteiger partial charge in [0, 0.05) is 0 Å². The van der Waals surface area contributed by atoms with Gasteiger partial charge in [0.05, 0.1) is 6.61 Å². The molecule has 1 atom stereocenters. The molecule has 77 valence electrons.